The van der Waals surface area contributed by atoms with Gasteiger partial charge in [0.15, 0.2) is 0 Å². The molecule has 0 saturated carbocycles. The van der Waals surface area contributed by atoms with Crippen LogP contribution in [-0.4, -0.2) is 54.8 Å². The molecule has 0 spiro atoms. The minimum Gasteiger partial charge on any atom is -0.364 e. The minimum atomic E-state index is -0.00453. The van der Waals surface area contributed by atoms with Crippen molar-refractivity contribution in [1.82, 2.24) is 29.6 Å². The second kappa shape index (κ2) is 8.83. The number of hydrogen-bond acceptors (Lipinski definition) is 6. The average molecular weight is 460 g/mol. The first kappa shape index (κ1) is 22.5. The fraction of sp³-hybridized carbons (Fsp3) is 0.462. The summed E-state index contributed by atoms with van der Waals surface area (Å²) < 4.78 is 1.66. The molecule has 1 aliphatic heterocycles. The molecule has 0 bridgehead atoms. The third kappa shape index (κ3) is 3.76. The summed E-state index contributed by atoms with van der Waals surface area (Å²) in [6.07, 6.45) is 5.65. The number of nitrogens with zero attached hydrogens (tertiary/aromatic N) is 6. The van der Waals surface area contributed by atoms with Crippen molar-refractivity contribution >= 4 is 27.8 Å². The lowest BCUT2D eigenvalue weighted by atomic mass is 9.96. The average Bonchev–Trinajstić information content (AvgIpc) is 3.35. The number of fused-ring (bicyclic) bond motifs is 2. The maximum atomic E-state index is 12.7. The van der Waals surface area contributed by atoms with Crippen molar-refractivity contribution in [3.05, 3.63) is 58.3 Å². The van der Waals surface area contributed by atoms with Gasteiger partial charge in [-0.1, -0.05) is 19.9 Å². The summed E-state index contributed by atoms with van der Waals surface area (Å²) in [5, 5.41) is 7.45. The van der Waals surface area contributed by atoms with Gasteiger partial charge in [-0.3, -0.25) is 19.8 Å². The molecule has 34 heavy (non-hydrogen) atoms. The maximum Gasteiger partial charge on any atom is 0.252 e. The number of H-pyrrole nitrogens is 1. The van der Waals surface area contributed by atoms with Gasteiger partial charge in [0.1, 0.15) is 5.52 Å². The summed E-state index contributed by atoms with van der Waals surface area (Å²) in [7, 11) is 1.80. The van der Waals surface area contributed by atoms with E-state index in [0.29, 0.717) is 12.1 Å². The zero-order chi connectivity index (χ0) is 24.0. The summed E-state index contributed by atoms with van der Waals surface area (Å²) >= 11 is 0. The Labute approximate surface area is 199 Å². The van der Waals surface area contributed by atoms with E-state index in [1.165, 1.54) is 5.56 Å². The number of aromatic nitrogens is 5. The number of anilines is 1. The molecule has 4 aromatic rings. The largest absolute Gasteiger partial charge is 0.364 e. The van der Waals surface area contributed by atoms with E-state index >= 15 is 0 Å². The third-order valence-electron chi connectivity index (χ3n) is 7.47. The number of piperazine rings is 1. The minimum absolute atomic E-state index is 0.00453. The molecule has 1 unspecified atom stereocenters. The quantitative estimate of drug-likeness (QED) is 0.487. The Balaban J connectivity index is 1.48. The molecule has 8 heteroatoms. The SMILES string of the molecule is CC[C@H]1CN(C(C)c2ccc3nc(C)cnc3c2)[C@H](CC)CN1c1cc(=O)n(C)c2c[nH]nc12. The molecular weight excluding hydrogens is 426 g/mol. The van der Waals surface area contributed by atoms with Gasteiger partial charge in [0.05, 0.1) is 27.9 Å². The Kier molecular flexibility index (Phi) is 5.85. The van der Waals surface area contributed by atoms with Gasteiger partial charge in [-0.05, 0) is 44.4 Å². The Morgan fingerprint density at radius 3 is 2.68 bits per heavy atom. The lowest BCUT2D eigenvalue weighted by Crippen LogP contribution is -2.58. The molecule has 8 nitrogen and oxygen atoms in total. The second-order valence-electron chi connectivity index (χ2n) is 9.45. The summed E-state index contributed by atoms with van der Waals surface area (Å²) in [4.78, 5) is 26.9. The molecule has 0 aliphatic carbocycles. The van der Waals surface area contributed by atoms with Gasteiger partial charge in [-0.2, -0.15) is 5.10 Å². The van der Waals surface area contributed by atoms with Crippen LogP contribution in [0.2, 0.25) is 0 Å². The van der Waals surface area contributed by atoms with Crippen LogP contribution in [0.3, 0.4) is 0 Å². The van der Waals surface area contributed by atoms with Gasteiger partial charge in [-0.25, -0.2) is 4.98 Å². The van der Waals surface area contributed by atoms with Crippen LogP contribution < -0.4 is 10.5 Å². The van der Waals surface area contributed by atoms with E-state index in [-0.39, 0.29) is 11.6 Å². The highest BCUT2D eigenvalue weighted by Gasteiger charge is 2.36. The summed E-state index contributed by atoms with van der Waals surface area (Å²) in [5.74, 6) is 0. The van der Waals surface area contributed by atoms with Crippen LogP contribution >= 0.6 is 0 Å². The number of aromatic amines is 1. The predicted molar refractivity (Wildman–Crippen MR) is 136 cm³/mol. The van der Waals surface area contributed by atoms with Gasteiger partial charge < -0.3 is 9.47 Å². The Hall–Kier alpha value is -3.26. The lowest BCUT2D eigenvalue weighted by Gasteiger charge is -2.49. The normalized spacial score (nSPS) is 20.3. The Morgan fingerprint density at radius 2 is 1.91 bits per heavy atom. The van der Waals surface area contributed by atoms with E-state index in [1.807, 2.05) is 13.1 Å². The molecule has 0 radical (unpaired) electrons. The van der Waals surface area contributed by atoms with Gasteiger partial charge in [0, 0.05) is 56.7 Å². The van der Waals surface area contributed by atoms with E-state index in [0.717, 1.165) is 59.4 Å². The lowest BCUT2D eigenvalue weighted by molar-refractivity contribution is 0.101. The third-order valence-corrected chi connectivity index (χ3v) is 7.47. The van der Waals surface area contributed by atoms with Crippen molar-refractivity contribution < 1.29 is 0 Å². The second-order valence-corrected chi connectivity index (χ2v) is 9.45. The molecule has 1 saturated heterocycles. The van der Waals surface area contributed by atoms with Crippen LogP contribution in [0.25, 0.3) is 22.1 Å². The fourth-order valence-electron chi connectivity index (χ4n) is 5.37. The van der Waals surface area contributed by atoms with Crippen LogP contribution in [0, 0.1) is 6.92 Å². The van der Waals surface area contributed by atoms with Crippen LogP contribution in [0.15, 0.2) is 41.5 Å². The zero-order valence-electron chi connectivity index (χ0n) is 20.6. The first-order valence-electron chi connectivity index (χ1n) is 12.2. The molecular formula is C26H33N7O. The topological polar surface area (TPSA) is 82.9 Å². The number of nitrogens with one attached hydrogen (secondary N) is 1. The molecule has 4 heterocycles. The van der Waals surface area contributed by atoms with Crippen LogP contribution in [0.4, 0.5) is 5.69 Å². The number of hydrogen-bond donors (Lipinski definition) is 1. The van der Waals surface area contributed by atoms with Crippen molar-refractivity contribution in [3.63, 3.8) is 0 Å². The maximum absolute atomic E-state index is 12.7. The number of rotatable bonds is 5. The molecule has 1 N–H and O–H groups in total. The summed E-state index contributed by atoms with van der Waals surface area (Å²) in [5.41, 5.74) is 6.71. The Morgan fingerprint density at radius 1 is 1.12 bits per heavy atom. The highest BCUT2D eigenvalue weighted by molar-refractivity contribution is 5.88. The number of aryl methyl sites for hydroxylation is 2. The fourth-order valence-corrected chi connectivity index (χ4v) is 5.37. The summed E-state index contributed by atoms with van der Waals surface area (Å²) in [6.45, 7) is 10.5. The van der Waals surface area contributed by atoms with Crippen molar-refractivity contribution in [2.24, 2.45) is 7.05 Å². The molecule has 1 aliphatic rings. The van der Waals surface area contributed by atoms with E-state index in [4.69, 9.17) is 0 Å². The van der Waals surface area contributed by atoms with Gasteiger partial charge >= 0.3 is 0 Å². The van der Waals surface area contributed by atoms with Crippen molar-refractivity contribution in [1.29, 1.82) is 0 Å². The van der Waals surface area contributed by atoms with E-state index < -0.39 is 0 Å². The van der Waals surface area contributed by atoms with Gasteiger partial charge in [0.25, 0.3) is 5.56 Å². The molecule has 3 atom stereocenters. The van der Waals surface area contributed by atoms with E-state index in [9.17, 15) is 4.79 Å². The van der Waals surface area contributed by atoms with Crippen molar-refractivity contribution in [3.8, 4) is 0 Å². The van der Waals surface area contributed by atoms with Gasteiger partial charge in [-0.15, -0.1) is 0 Å². The summed E-state index contributed by atoms with van der Waals surface area (Å²) in [6, 6.07) is 9.11. The molecule has 3 aromatic heterocycles. The van der Waals surface area contributed by atoms with E-state index in [1.54, 1.807) is 23.9 Å². The Bertz CT molecular complexity index is 1390. The first-order chi connectivity index (χ1) is 16.4. The molecule has 0 amide bonds. The standard InChI is InChI=1S/C26H33N7O/c1-6-19-15-33(23-11-25(34)31(5)24-13-28-30-26(23)24)20(7-2)14-32(19)17(4)18-8-9-21-22(10-18)27-12-16(3)29-21/h8-13,17,19-20H,6-7,14-15H2,1-5H3,(H,28,30)/t17?,19-,20+/m1/s1. The highest BCUT2D eigenvalue weighted by Crippen LogP contribution is 2.34. The monoisotopic (exact) mass is 459 g/mol. The van der Waals surface area contributed by atoms with E-state index in [2.05, 4.69) is 68.9 Å². The van der Waals surface area contributed by atoms with Crippen LogP contribution in [0.1, 0.15) is 50.9 Å². The van der Waals surface area contributed by atoms with Gasteiger partial charge in [0.2, 0.25) is 0 Å². The smallest absolute Gasteiger partial charge is 0.252 e. The molecule has 178 valence electrons. The van der Waals surface area contributed by atoms with Crippen LogP contribution in [-0.2, 0) is 7.05 Å². The zero-order valence-corrected chi connectivity index (χ0v) is 20.6. The van der Waals surface area contributed by atoms with Crippen LogP contribution in [0.5, 0.6) is 0 Å². The number of benzene rings is 1. The molecule has 1 aromatic carbocycles. The molecule has 5 rings (SSSR count). The molecule has 1 fully saturated rings. The predicted octanol–water partition coefficient (Wildman–Crippen LogP) is 3.95. The highest BCUT2D eigenvalue weighted by atomic mass is 16.1. The first-order valence-corrected chi connectivity index (χ1v) is 12.2. The van der Waals surface area contributed by atoms with Crippen molar-refractivity contribution in [2.45, 2.75) is 58.7 Å². The van der Waals surface area contributed by atoms with Crippen molar-refractivity contribution in [2.75, 3.05) is 18.0 Å². The number of pyridine rings is 1.